The second-order valence-electron chi connectivity index (χ2n) is 6.21. The summed E-state index contributed by atoms with van der Waals surface area (Å²) in [7, 11) is 0. The van der Waals surface area contributed by atoms with E-state index in [1.54, 1.807) is 6.33 Å². The van der Waals surface area contributed by atoms with Crippen molar-refractivity contribution in [2.45, 2.75) is 37.5 Å². The van der Waals surface area contributed by atoms with Crippen LogP contribution in [0.1, 0.15) is 59.3 Å². The van der Waals surface area contributed by atoms with Gasteiger partial charge in [-0.3, -0.25) is 4.79 Å². The third-order valence-corrected chi connectivity index (χ3v) is 4.76. The van der Waals surface area contributed by atoms with Crippen LogP contribution in [0.2, 0.25) is 10.2 Å². The van der Waals surface area contributed by atoms with Gasteiger partial charge in [0.25, 0.3) is 5.91 Å². The lowest BCUT2D eigenvalue weighted by Gasteiger charge is -2.16. The van der Waals surface area contributed by atoms with Gasteiger partial charge in [-0.25, -0.2) is 15.0 Å². The molecule has 3 N–H and O–H groups in total. The largest absolute Gasteiger partial charge is 0.365 e. The predicted octanol–water partition coefficient (Wildman–Crippen LogP) is 3.78. The van der Waals surface area contributed by atoms with E-state index in [1.165, 1.54) is 6.07 Å². The fraction of sp³-hybridized carbons (Fsp3) is 0.375. The molecule has 6 nitrogen and oxygen atoms in total. The van der Waals surface area contributed by atoms with Crippen LogP contribution in [-0.2, 0) is 0 Å². The van der Waals surface area contributed by atoms with E-state index >= 15 is 0 Å². The van der Waals surface area contributed by atoms with Gasteiger partial charge in [0.05, 0.1) is 22.1 Å². The highest BCUT2D eigenvalue weighted by molar-refractivity contribution is 6.37. The first-order chi connectivity index (χ1) is 11.5. The Morgan fingerprint density at radius 1 is 1.12 bits per heavy atom. The van der Waals surface area contributed by atoms with Gasteiger partial charge in [0.2, 0.25) is 0 Å². The molecule has 0 unspecified atom stereocenters. The number of nitrogens with one attached hydrogen (secondary N) is 1. The second-order valence-corrected chi connectivity index (χ2v) is 7.00. The molecule has 0 atom stereocenters. The lowest BCUT2D eigenvalue weighted by molar-refractivity contribution is 0.100. The monoisotopic (exact) mass is 363 g/mol. The quantitative estimate of drug-likeness (QED) is 0.788. The van der Waals surface area contributed by atoms with E-state index in [2.05, 4.69) is 20.3 Å². The highest BCUT2D eigenvalue weighted by atomic mass is 35.5. The minimum atomic E-state index is -0.663. The second kappa shape index (κ2) is 5.86. The van der Waals surface area contributed by atoms with Gasteiger partial charge in [0, 0.05) is 11.8 Å². The first-order valence-electron chi connectivity index (χ1n) is 7.82. The molecule has 1 amide bonds. The third kappa shape index (κ3) is 2.91. The molecule has 2 aliphatic rings. The van der Waals surface area contributed by atoms with Crippen molar-refractivity contribution in [2.75, 3.05) is 5.32 Å². The maximum absolute atomic E-state index is 11.8. The molecule has 0 aliphatic heterocycles. The van der Waals surface area contributed by atoms with Gasteiger partial charge in [0.1, 0.15) is 22.9 Å². The van der Waals surface area contributed by atoms with Crippen molar-refractivity contribution in [3.63, 3.8) is 0 Å². The van der Waals surface area contributed by atoms with Gasteiger partial charge in [-0.2, -0.15) is 0 Å². The summed E-state index contributed by atoms with van der Waals surface area (Å²) in [6, 6.07) is 1.40. The van der Waals surface area contributed by atoms with Crippen molar-refractivity contribution in [2.24, 2.45) is 5.73 Å². The van der Waals surface area contributed by atoms with Gasteiger partial charge >= 0.3 is 0 Å². The average Bonchev–Trinajstić information content (AvgIpc) is 3.38. The van der Waals surface area contributed by atoms with Crippen LogP contribution in [0.5, 0.6) is 0 Å². The molecule has 2 heterocycles. The molecule has 0 radical (unpaired) electrons. The summed E-state index contributed by atoms with van der Waals surface area (Å²) in [5, 5.41) is 3.56. The zero-order valence-electron chi connectivity index (χ0n) is 12.7. The SMILES string of the molecule is NC(=O)c1c(Cl)cc(Cl)nc1Nc1c(C2CC2)ncnc1C1CC1. The number of amides is 1. The summed E-state index contributed by atoms with van der Waals surface area (Å²) < 4.78 is 0. The van der Waals surface area contributed by atoms with E-state index in [-0.39, 0.29) is 21.6 Å². The van der Waals surface area contributed by atoms with Gasteiger partial charge in [-0.1, -0.05) is 23.2 Å². The normalized spacial score (nSPS) is 16.9. The molecule has 2 aromatic heterocycles. The summed E-state index contributed by atoms with van der Waals surface area (Å²) in [5.74, 6) is 0.419. The molecular formula is C16H15Cl2N5O. The van der Waals surface area contributed by atoms with Crippen molar-refractivity contribution < 1.29 is 4.79 Å². The smallest absolute Gasteiger partial charge is 0.253 e. The Hall–Kier alpha value is -1.92. The summed E-state index contributed by atoms with van der Waals surface area (Å²) in [6.07, 6.45) is 6.01. The zero-order chi connectivity index (χ0) is 16.8. The number of nitrogens with zero attached hydrogens (tertiary/aromatic N) is 3. The summed E-state index contributed by atoms with van der Waals surface area (Å²) in [6.45, 7) is 0. The van der Waals surface area contributed by atoms with Crippen LogP contribution >= 0.6 is 23.2 Å². The number of aromatic nitrogens is 3. The molecule has 2 saturated carbocycles. The Bertz CT molecular complexity index is 803. The Labute approximate surface area is 148 Å². The Morgan fingerprint density at radius 2 is 1.71 bits per heavy atom. The number of carbonyl (C=O) groups is 1. The number of pyridine rings is 1. The molecule has 0 saturated heterocycles. The molecule has 2 aromatic rings. The van der Waals surface area contributed by atoms with Crippen molar-refractivity contribution >= 4 is 40.6 Å². The number of halogens is 2. The highest BCUT2D eigenvalue weighted by Crippen LogP contribution is 2.49. The van der Waals surface area contributed by atoms with Crippen LogP contribution in [0, 0.1) is 0 Å². The Balaban J connectivity index is 1.83. The first-order valence-corrected chi connectivity index (χ1v) is 8.58. The summed E-state index contributed by atoms with van der Waals surface area (Å²) in [4.78, 5) is 24.9. The van der Waals surface area contributed by atoms with E-state index in [9.17, 15) is 4.79 Å². The van der Waals surface area contributed by atoms with Crippen molar-refractivity contribution in [3.8, 4) is 0 Å². The molecule has 0 bridgehead atoms. The van der Waals surface area contributed by atoms with Gasteiger partial charge in [-0.15, -0.1) is 0 Å². The van der Waals surface area contributed by atoms with Crippen LogP contribution in [0.15, 0.2) is 12.4 Å². The zero-order valence-corrected chi connectivity index (χ0v) is 14.2. The minimum absolute atomic E-state index is 0.119. The van der Waals surface area contributed by atoms with Crippen molar-refractivity contribution in [3.05, 3.63) is 39.5 Å². The highest BCUT2D eigenvalue weighted by Gasteiger charge is 2.34. The molecule has 2 fully saturated rings. The number of primary amides is 1. The van der Waals surface area contributed by atoms with Crippen molar-refractivity contribution in [1.29, 1.82) is 0 Å². The van der Waals surface area contributed by atoms with E-state index < -0.39 is 5.91 Å². The molecule has 24 heavy (non-hydrogen) atoms. The molecular weight excluding hydrogens is 349 g/mol. The predicted molar refractivity (Wildman–Crippen MR) is 92.0 cm³/mol. The Kier molecular flexibility index (Phi) is 3.81. The van der Waals surface area contributed by atoms with E-state index in [0.717, 1.165) is 42.8 Å². The van der Waals surface area contributed by atoms with E-state index in [4.69, 9.17) is 28.9 Å². The molecule has 0 spiro atoms. The Morgan fingerprint density at radius 3 is 2.21 bits per heavy atom. The van der Waals surface area contributed by atoms with Crippen LogP contribution in [0.4, 0.5) is 11.5 Å². The van der Waals surface area contributed by atoms with Crippen LogP contribution in [-0.4, -0.2) is 20.9 Å². The van der Waals surface area contributed by atoms with Crippen LogP contribution in [0.3, 0.4) is 0 Å². The number of hydrogen-bond donors (Lipinski definition) is 2. The number of carbonyl (C=O) groups excluding carboxylic acids is 1. The fourth-order valence-electron chi connectivity index (χ4n) is 2.80. The minimum Gasteiger partial charge on any atom is -0.365 e. The molecule has 8 heteroatoms. The van der Waals surface area contributed by atoms with Crippen molar-refractivity contribution in [1.82, 2.24) is 15.0 Å². The molecule has 2 aliphatic carbocycles. The number of anilines is 2. The first kappa shape index (κ1) is 15.6. The number of nitrogens with two attached hydrogens (primary N) is 1. The summed E-state index contributed by atoms with van der Waals surface area (Å²) in [5.41, 5.74) is 8.31. The van der Waals surface area contributed by atoms with E-state index in [1.807, 2.05) is 0 Å². The number of hydrogen-bond acceptors (Lipinski definition) is 5. The van der Waals surface area contributed by atoms with Crippen LogP contribution in [0.25, 0.3) is 0 Å². The van der Waals surface area contributed by atoms with Crippen LogP contribution < -0.4 is 11.1 Å². The molecule has 0 aromatic carbocycles. The topological polar surface area (TPSA) is 93.8 Å². The fourth-order valence-corrected chi connectivity index (χ4v) is 3.34. The standard InChI is InChI=1S/C16H15Cl2N5O/c17-9-5-10(18)22-16(11(9)15(19)24)23-14-12(7-1-2-7)20-6-21-13(14)8-3-4-8/h5-8H,1-4H2,(H2,19,24)(H,22,23). The van der Waals surface area contributed by atoms with Gasteiger partial charge in [0.15, 0.2) is 0 Å². The molecule has 124 valence electrons. The number of rotatable bonds is 5. The third-order valence-electron chi connectivity index (χ3n) is 4.26. The van der Waals surface area contributed by atoms with E-state index in [0.29, 0.717) is 11.8 Å². The maximum Gasteiger partial charge on any atom is 0.253 e. The maximum atomic E-state index is 11.8. The lowest BCUT2D eigenvalue weighted by atomic mass is 10.1. The van der Waals surface area contributed by atoms with Gasteiger partial charge < -0.3 is 11.1 Å². The lowest BCUT2D eigenvalue weighted by Crippen LogP contribution is -2.16. The van der Waals surface area contributed by atoms with Gasteiger partial charge in [-0.05, 0) is 31.7 Å². The molecule has 4 rings (SSSR count). The average molecular weight is 364 g/mol. The summed E-state index contributed by atoms with van der Waals surface area (Å²) >= 11 is 12.1.